The largest absolute Gasteiger partial charge is 0.351 e. The zero-order valence-corrected chi connectivity index (χ0v) is 11.5. The van der Waals surface area contributed by atoms with Gasteiger partial charge in [-0.1, -0.05) is 12.1 Å². The summed E-state index contributed by atoms with van der Waals surface area (Å²) in [6, 6.07) is 7.31. The van der Waals surface area contributed by atoms with Crippen LogP contribution in [0.1, 0.15) is 24.2 Å². The summed E-state index contributed by atoms with van der Waals surface area (Å²) in [4.78, 5) is 12.6. The Morgan fingerprint density at radius 1 is 1.44 bits per heavy atom. The van der Waals surface area contributed by atoms with Gasteiger partial charge in [-0.15, -0.1) is 12.6 Å². The fraction of sp³-hybridized carbons (Fsp3) is 0.417. The first-order valence-corrected chi connectivity index (χ1v) is 6.75. The molecule has 0 atom stereocenters. The van der Waals surface area contributed by atoms with Crippen LogP contribution < -0.4 is 5.32 Å². The summed E-state index contributed by atoms with van der Waals surface area (Å²) in [7, 11) is 0. The first-order chi connectivity index (χ1) is 7.46. The highest BCUT2D eigenvalue weighted by molar-refractivity contribution is 7.99. The van der Waals surface area contributed by atoms with Crippen molar-refractivity contribution >= 4 is 30.3 Å². The molecule has 0 aromatic heterocycles. The smallest absolute Gasteiger partial charge is 0.252 e. The fourth-order valence-corrected chi connectivity index (χ4v) is 1.60. The van der Waals surface area contributed by atoms with Gasteiger partial charge in [0, 0.05) is 16.2 Å². The van der Waals surface area contributed by atoms with Gasteiger partial charge in [-0.2, -0.15) is 11.8 Å². The summed E-state index contributed by atoms with van der Waals surface area (Å²) in [5.74, 6) is -0.0623. The maximum atomic E-state index is 11.9. The SMILES string of the molecule is CSC(C)(C)CNC(=O)c1ccccc1S. The Balaban J connectivity index is 2.64. The molecule has 0 saturated heterocycles. The average molecular weight is 255 g/mol. The molecule has 1 N–H and O–H groups in total. The number of thiol groups is 1. The number of hydrogen-bond acceptors (Lipinski definition) is 3. The highest BCUT2D eigenvalue weighted by atomic mass is 32.2. The van der Waals surface area contributed by atoms with E-state index in [4.69, 9.17) is 0 Å². The monoisotopic (exact) mass is 255 g/mol. The third-order valence-electron chi connectivity index (χ3n) is 2.38. The molecular formula is C12H17NOS2. The molecule has 1 aromatic rings. The van der Waals surface area contributed by atoms with Gasteiger partial charge in [0.2, 0.25) is 0 Å². The highest BCUT2D eigenvalue weighted by Gasteiger charge is 2.18. The lowest BCUT2D eigenvalue weighted by molar-refractivity contribution is 0.0948. The van der Waals surface area contributed by atoms with Gasteiger partial charge >= 0.3 is 0 Å². The number of hydrogen-bond donors (Lipinski definition) is 2. The van der Waals surface area contributed by atoms with E-state index in [1.807, 2.05) is 24.5 Å². The molecular weight excluding hydrogens is 238 g/mol. The molecule has 0 radical (unpaired) electrons. The van der Waals surface area contributed by atoms with E-state index >= 15 is 0 Å². The summed E-state index contributed by atoms with van der Waals surface area (Å²) >= 11 is 5.99. The first-order valence-electron chi connectivity index (χ1n) is 5.07. The van der Waals surface area contributed by atoms with E-state index in [-0.39, 0.29) is 10.7 Å². The maximum Gasteiger partial charge on any atom is 0.252 e. The van der Waals surface area contributed by atoms with Gasteiger partial charge in [0.25, 0.3) is 5.91 Å². The number of benzene rings is 1. The van der Waals surface area contributed by atoms with Crippen molar-refractivity contribution < 1.29 is 4.79 Å². The molecule has 0 aliphatic carbocycles. The normalized spacial score (nSPS) is 11.2. The summed E-state index contributed by atoms with van der Waals surface area (Å²) < 4.78 is 0.0567. The van der Waals surface area contributed by atoms with Crippen molar-refractivity contribution in [3.63, 3.8) is 0 Å². The molecule has 0 aliphatic heterocycles. The standard InChI is InChI=1S/C12H17NOS2/c1-12(2,16-3)8-13-11(14)9-6-4-5-7-10(9)15/h4-7,15H,8H2,1-3H3,(H,13,14). The maximum absolute atomic E-state index is 11.9. The lowest BCUT2D eigenvalue weighted by Crippen LogP contribution is -2.36. The Morgan fingerprint density at radius 2 is 2.06 bits per heavy atom. The van der Waals surface area contributed by atoms with Crippen molar-refractivity contribution in [2.75, 3.05) is 12.8 Å². The van der Waals surface area contributed by atoms with Crippen molar-refractivity contribution in [3.8, 4) is 0 Å². The Bertz CT molecular complexity index is 377. The summed E-state index contributed by atoms with van der Waals surface area (Å²) in [5.41, 5.74) is 0.628. The second-order valence-electron chi connectivity index (χ2n) is 4.16. The van der Waals surface area contributed by atoms with Crippen molar-refractivity contribution in [2.45, 2.75) is 23.5 Å². The molecule has 0 bridgehead atoms. The van der Waals surface area contributed by atoms with Crippen LogP contribution in [0.5, 0.6) is 0 Å². The second kappa shape index (κ2) is 5.64. The van der Waals surface area contributed by atoms with Crippen LogP contribution in [-0.4, -0.2) is 23.5 Å². The zero-order chi connectivity index (χ0) is 12.2. The quantitative estimate of drug-likeness (QED) is 0.810. The molecule has 1 rings (SSSR count). The van der Waals surface area contributed by atoms with Crippen LogP contribution >= 0.6 is 24.4 Å². The topological polar surface area (TPSA) is 29.1 Å². The van der Waals surface area contributed by atoms with E-state index in [1.165, 1.54) is 0 Å². The Hall–Kier alpha value is -0.610. The number of carbonyl (C=O) groups excluding carboxylic acids is 1. The molecule has 1 aromatic carbocycles. The number of carbonyl (C=O) groups is 1. The van der Waals surface area contributed by atoms with Gasteiger partial charge in [-0.05, 0) is 32.2 Å². The van der Waals surface area contributed by atoms with Gasteiger partial charge in [0.1, 0.15) is 0 Å². The molecule has 88 valence electrons. The summed E-state index contributed by atoms with van der Waals surface area (Å²) in [6.07, 6.45) is 2.04. The van der Waals surface area contributed by atoms with Crippen LogP contribution in [0.15, 0.2) is 29.2 Å². The van der Waals surface area contributed by atoms with E-state index in [9.17, 15) is 4.79 Å². The lowest BCUT2D eigenvalue weighted by Gasteiger charge is -2.22. The van der Waals surface area contributed by atoms with Crippen molar-refractivity contribution in [1.82, 2.24) is 5.32 Å². The Labute approximate surface area is 107 Å². The van der Waals surface area contributed by atoms with Crippen molar-refractivity contribution in [2.24, 2.45) is 0 Å². The van der Waals surface area contributed by atoms with E-state index in [0.717, 1.165) is 0 Å². The van der Waals surface area contributed by atoms with Crippen molar-refractivity contribution in [3.05, 3.63) is 29.8 Å². The summed E-state index contributed by atoms with van der Waals surface area (Å²) in [5, 5.41) is 2.92. The molecule has 0 fully saturated rings. The van der Waals surface area contributed by atoms with E-state index in [2.05, 4.69) is 31.8 Å². The van der Waals surface area contributed by atoms with Crippen LogP contribution in [0, 0.1) is 0 Å². The molecule has 16 heavy (non-hydrogen) atoms. The van der Waals surface area contributed by atoms with Crippen LogP contribution in [0.4, 0.5) is 0 Å². The minimum atomic E-state index is -0.0623. The van der Waals surface area contributed by atoms with Crippen LogP contribution in [-0.2, 0) is 0 Å². The van der Waals surface area contributed by atoms with Crippen LogP contribution in [0.3, 0.4) is 0 Å². The Morgan fingerprint density at radius 3 is 2.62 bits per heavy atom. The third kappa shape index (κ3) is 3.76. The zero-order valence-electron chi connectivity index (χ0n) is 9.78. The molecule has 0 spiro atoms. The third-order valence-corrected chi connectivity index (χ3v) is 4.02. The van der Waals surface area contributed by atoms with E-state index < -0.39 is 0 Å². The molecule has 0 heterocycles. The minimum Gasteiger partial charge on any atom is -0.351 e. The van der Waals surface area contributed by atoms with E-state index in [1.54, 1.807) is 17.8 Å². The van der Waals surface area contributed by atoms with Gasteiger partial charge in [0.05, 0.1) is 5.56 Å². The second-order valence-corrected chi connectivity index (χ2v) is 6.16. The number of nitrogens with one attached hydrogen (secondary N) is 1. The molecule has 0 aliphatic rings. The average Bonchev–Trinajstić information content (AvgIpc) is 2.27. The fourth-order valence-electron chi connectivity index (χ4n) is 1.13. The van der Waals surface area contributed by atoms with E-state index in [0.29, 0.717) is 17.0 Å². The van der Waals surface area contributed by atoms with Crippen LogP contribution in [0.25, 0.3) is 0 Å². The van der Waals surface area contributed by atoms with Gasteiger partial charge in [0.15, 0.2) is 0 Å². The molecule has 4 heteroatoms. The molecule has 0 saturated carbocycles. The number of thioether (sulfide) groups is 1. The highest BCUT2D eigenvalue weighted by Crippen LogP contribution is 2.20. The molecule has 0 unspecified atom stereocenters. The minimum absolute atomic E-state index is 0.0567. The lowest BCUT2D eigenvalue weighted by atomic mass is 10.2. The predicted molar refractivity (Wildman–Crippen MR) is 73.6 cm³/mol. The van der Waals surface area contributed by atoms with Crippen LogP contribution in [0.2, 0.25) is 0 Å². The summed E-state index contributed by atoms with van der Waals surface area (Å²) in [6.45, 7) is 4.85. The number of amides is 1. The first kappa shape index (κ1) is 13.5. The van der Waals surface area contributed by atoms with Gasteiger partial charge in [-0.25, -0.2) is 0 Å². The van der Waals surface area contributed by atoms with Gasteiger partial charge < -0.3 is 5.32 Å². The van der Waals surface area contributed by atoms with Crippen molar-refractivity contribution in [1.29, 1.82) is 0 Å². The van der Waals surface area contributed by atoms with Gasteiger partial charge in [-0.3, -0.25) is 4.79 Å². The molecule has 2 nitrogen and oxygen atoms in total. The predicted octanol–water partition coefficient (Wildman–Crippen LogP) is 2.85. The Kier molecular flexibility index (Phi) is 4.74. The molecule has 1 amide bonds. The number of rotatable bonds is 4.